The minimum atomic E-state index is -0.219. The molecule has 1 N–H and O–H groups in total. The standard InChI is InChI=1S/C11H18N2O3/c1-11(4-2-6-16-11)8-13-5-3-9(14)12-7-10(13)15/h2-8H2,1H3,(H,12,14). The van der Waals surface area contributed by atoms with Crippen molar-refractivity contribution in [2.24, 2.45) is 0 Å². The Kier molecular flexibility index (Phi) is 3.14. The van der Waals surface area contributed by atoms with Gasteiger partial charge in [0.1, 0.15) is 0 Å². The van der Waals surface area contributed by atoms with Crippen LogP contribution in [-0.4, -0.2) is 48.6 Å². The summed E-state index contributed by atoms with van der Waals surface area (Å²) in [6.07, 6.45) is 2.43. The lowest BCUT2D eigenvalue weighted by Crippen LogP contribution is -2.45. The fourth-order valence-electron chi connectivity index (χ4n) is 2.27. The van der Waals surface area contributed by atoms with Gasteiger partial charge in [-0.15, -0.1) is 0 Å². The second kappa shape index (κ2) is 4.41. The summed E-state index contributed by atoms with van der Waals surface area (Å²) in [5, 5.41) is 2.59. The summed E-state index contributed by atoms with van der Waals surface area (Å²) in [7, 11) is 0. The smallest absolute Gasteiger partial charge is 0.242 e. The van der Waals surface area contributed by atoms with E-state index in [2.05, 4.69) is 5.32 Å². The Morgan fingerprint density at radius 3 is 3.00 bits per heavy atom. The highest BCUT2D eigenvalue weighted by molar-refractivity contribution is 5.87. The SMILES string of the molecule is CC1(CN2CCC(=O)NCC2=O)CCCO1. The first-order chi connectivity index (χ1) is 7.59. The van der Waals surface area contributed by atoms with Gasteiger partial charge in [0.2, 0.25) is 11.8 Å². The molecule has 16 heavy (non-hydrogen) atoms. The van der Waals surface area contributed by atoms with E-state index in [1.165, 1.54) is 0 Å². The molecule has 0 aromatic heterocycles. The summed E-state index contributed by atoms with van der Waals surface area (Å²) in [5.41, 5.74) is -0.219. The average Bonchev–Trinajstić information content (AvgIpc) is 2.61. The van der Waals surface area contributed by atoms with Crippen LogP contribution in [0, 0.1) is 0 Å². The first-order valence-electron chi connectivity index (χ1n) is 5.77. The third-order valence-electron chi connectivity index (χ3n) is 3.22. The van der Waals surface area contributed by atoms with Crippen molar-refractivity contribution in [3.05, 3.63) is 0 Å². The molecule has 90 valence electrons. The normalized spacial score (nSPS) is 31.4. The summed E-state index contributed by atoms with van der Waals surface area (Å²) >= 11 is 0. The molecule has 2 amide bonds. The maximum absolute atomic E-state index is 11.7. The van der Waals surface area contributed by atoms with E-state index in [-0.39, 0.29) is 24.0 Å². The van der Waals surface area contributed by atoms with Gasteiger partial charge in [0, 0.05) is 26.1 Å². The Hall–Kier alpha value is -1.10. The van der Waals surface area contributed by atoms with Crippen molar-refractivity contribution in [3.63, 3.8) is 0 Å². The predicted molar refractivity (Wildman–Crippen MR) is 57.8 cm³/mol. The van der Waals surface area contributed by atoms with E-state index in [1.807, 2.05) is 6.92 Å². The van der Waals surface area contributed by atoms with Crippen LogP contribution in [0.25, 0.3) is 0 Å². The van der Waals surface area contributed by atoms with Crippen LogP contribution in [0.2, 0.25) is 0 Å². The van der Waals surface area contributed by atoms with Crippen LogP contribution in [0.4, 0.5) is 0 Å². The fourth-order valence-corrected chi connectivity index (χ4v) is 2.27. The van der Waals surface area contributed by atoms with Crippen LogP contribution in [-0.2, 0) is 14.3 Å². The van der Waals surface area contributed by atoms with Crippen LogP contribution in [0.5, 0.6) is 0 Å². The highest BCUT2D eigenvalue weighted by atomic mass is 16.5. The highest BCUT2D eigenvalue weighted by Crippen LogP contribution is 2.26. The van der Waals surface area contributed by atoms with Crippen molar-refractivity contribution >= 4 is 11.8 Å². The molecule has 2 heterocycles. The Morgan fingerprint density at radius 2 is 2.31 bits per heavy atom. The number of carbonyl (C=O) groups excluding carboxylic acids is 2. The van der Waals surface area contributed by atoms with Gasteiger partial charge in [0.15, 0.2) is 0 Å². The zero-order valence-electron chi connectivity index (χ0n) is 9.62. The molecule has 1 unspecified atom stereocenters. The number of hydrogen-bond acceptors (Lipinski definition) is 3. The summed E-state index contributed by atoms with van der Waals surface area (Å²) in [4.78, 5) is 24.7. The molecule has 0 aromatic rings. The molecule has 0 saturated carbocycles. The minimum absolute atomic E-state index is 0.0115. The quantitative estimate of drug-likeness (QED) is 0.715. The van der Waals surface area contributed by atoms with Crippen LogP contribution < -0.4 is 5.32 Å². The van der Waals surface area contributed by atoms with E-state index < -0.39 is 0 Å². The first-order valence-corrected chi connectivity index (χ1v) is 5.77. The lowest BCUT2D eigenvalue weighted by Gasteiger charge is -2.30. The van der Waals surface area contributed by atoms with Crippen molar-refractivity contribution < 1.29 is 14.3 Å². The largest absolute Gasteiger partial charge is 0.373 e. The molecule has 2 rings (SSSR count). The lowest BCUT2D eigenvalue weighted by molar-refractivity contribution is -0.133. The predicted octanol–water partition coefficient (Wildman–Crippen LogP) is -0.0960. The molecule has 5 heteroatoms. The van der Waals surface area contributed by atoms with E-state index in [4.69, 9.17) is 4.74 Å². The highest BCUT2D eigenvalue weighted by Gasteiger charge is 2.34. The molecular weight excluding hydrogens is 208 g/mol. The molecule has 2 aliphatic rings. The Morgan fingerprint density at radius 1 is 1.50 bits per heavy atom. The van der Waals surface area contributed by atoms with Crippen LogP contribution >= 0.6 is 0 Å². The number of hydrogen-bond donors (Lipinski definition) is 1. The topological polar surface area (TPSA) is 58.6 Å². The maximum Gasteiger partial charge on any atom is 0.242 e. The van der Waals surface area contributed by atoms with Crippen molar-refractivity contribution in [1.29, 1.82) is 0 Å². The van der Waals surface area contributed by atoms with Crippen molar-refractivity contribution in [1.82, 2.24) is 10.2 Å². The number of carbonyl (C=O) groups is 2. The Bertz CT molecular complexity index is 298. The third-order valence-corrected chi connectivity index (χ3v) is 3.22. The molecule has 0 aromatic carbocycles. The second-order valence-electron chi connectivity index (χ2n) is 4.74. The van der Waals surface area contributed by atoms with Crippen molar-refractivity contribution in [2.75, 3.05) is 26.2 Å². The molecule has 0 bridgehead atoms. The summed E-state index contributed by atoms with van der Waals surface area (Å²) in [6.45, 7) is 4.03. The number of rotatable bonds is 2. The number of nitrogens with zero attached hydrogens (tertiary/aromatic N) is 1. The molecule has 0 radical (unpaired) electrons. The number of amides is 2. The summed E-state index contributed by atoms with van der Waals surface area (Å²) < 4.78 is 5.66. The van der Waals surface area contributed by atoms with Crippen molar-refractivity contribution in [3.8, 4) is 0 Å². The average molecular weight is 226 g/mol. The van der Waals surface area contributed by atoms with E-state index in [0.29, 0.717) is 19.5 Å². The third kappa shape index (κ3) is 2.52. The van der Waals surface area contributed by atoms with Gasteiger partial charge in [0.25, 0.3) is 0 Å². The maximum atomic E-state index is 11.7. The van der Waals surface area contributed by atoms with E-state index in [1.54, 1.807) is 4.90 Å². The van der Waals surface area contributed by atoms with Crippen LogP contribution in [0.3, 0.4) is 0 Å². The van der Waals surface area contributed by atoms with Gasteiger partial charge in [-0.2, -0.15) is 0 Å². The van der Waals surface area contributed by atoms with Gasteiger partial charge >= 0.3 is 0 Å². The van der Waals surface area contributed by atoms with E-state index in [0.717, 1.165) is 19.4 Å². The van der Waals surface area contributed by atoms with Gasteiger partial charge < -0.3 is 15.0 Å². The lowest BCUT2D eigenvalue weighted by atomic mass is 10.0. The Labute approximate surface area is 95.1 Å². The second-order valence-corrected chi connectivity index (χ2v) is 4.74. The molecule has 2 saturated heterocycles. The zero-order chi connectivity index (χ0) is 11.6. The van der Waals surface area contributed by atoms with Crippen LogP contribution in [0.1, 0.15) is 26.2 Å². The molecule has 0 spiro atoms. The Balaban J connectivity index is 1.97. The first kappa shape index (κ1) is 11.4. The minimum Gasteiger partial charge on any atom is -0.373 e. The molecular formula is C11H18N2O3. The van der Waals surface area contributed by atoms with E-state index in [9.17, 15) is 9.59 Å². The van der Waals surface area contributed by atoms with Gasteiger partial charge in [-0.05, 0) is 19.8 Å². The van der Waals surface area contributed by atoms with Gasteiger partial charge in [-0.3, -0.25) is 9.59 Å². The van der Waals surface area contributed by atoms with Gasteiger partial charge in [-0.1, -0.05) is 0 Å². The fraction of sp³-hybridized carbons (Fsp3) is 0.818. The number of nitrogens with one attached hydrogen (secondary N) is 1. The molecule has 2 fully saturated rings. The summed E-state index contributed by atoms with van der Waals surface area (Å²) in [6, 6.07) is 0. The monoisotopic (exact) mass is 226 g/mol. The number of ether oxygens (including phenoxy) is 1. The van der Waals surface area contributed by atoms with E-state index >= 15 is 0 Å². The van der Waals surface area contributed by atoms with Crippen molar-refractivity contribution in [2.45, 2.75) is 31.8 Å². The molecule has 5 nitrogen and oxygen atoms in total. The zero-order valence-corrected chi connectivity index (χ0v) is 9.62. The molecule has 2 aliphatic heterocycles. The van der Waals surface area contributed by atoms with Crippen LogP contribution in [0.15, 0.2) is 0 Å². The van der Waals surface area contributed by atoms with Gasteiger partial charge in [0.05, 0.1) is 12.1 Å². The molecule has 1 atom stereocenters. The summed E-state index contributed by atoms with van der Waals surface area (Å²) in [5.74, 6) is -0.0593. The molecule has 0 aliphatic carbocycles. The van der Waals surface area contributed by atoms with Gasteiger partial charge in [-0.25, -0.2) is 0 Å².